The number of carbonyl (C=O) groups is 2. The number of amides is 1. The SMILES string of the molecule is CCOC(=O)N(CC(=O)O)c1ccc(C)cc1. The average Bonchev–Trinajstić information content (AvgIpc) is 2.27. The molecule has 0 spiro atoms. The fourth-order valence-corrected chi connectivity index (χ4v) is 1.32. The molecule has 0 bridgehead atoms. The first kappa shape index (κ1) is 13.0. The van der Waals surface area contributed by atoms with Crippen LogP contribution >= 0.6 is 0 Å². The van der Waals surface area contributed by atoms with Gasteiger partial charge in [0.1, 0.15) is 6.54 Å². The zero-order valence-electron chi connectivity index (χ0n) is 9.84. The molecule has 92 valence electrons. The standard InChI is InChI=1S/C12H15NO4/c1-3-17-12(16)13(8-11(14)15)10-6-4-9(2)5-7-10/h4-7H,3,8H2,1-2H3,(H,14,15). The second-order valence-electron chi connectivity index (χ2n) is 3.51. The number of nitrogens with zero attached hydrogens (tertiary/aromatic N) is 1. The Bertz CT molecular complexity index is 399. The highest BCUT2D eigenvalue weighted by molar-refractivity contribution is 5.92. The first-order valence-corrected chi connectivity index (χ1v) is 5.27. The fraction of sp³-hybridized carbons (Fsp3) is 0.333. The van der Waals surface area contributed by atoms with Gasteiger partial charge in [-0.05, 0) is 26.0 Å². The largest absolute Gasteiger partial charge is 0.480 e. The molecule has 5 heteroatoms. The van der Waals surface area contributed by atoms with Gasteiger partial charge in [0.2, 0.25) is 0 Å². The van der Waals surface area contributed by atoms with Gasteiger partial charge in [0.15, 0.2) is 0 Å². The maximum Gasteiger partial charge on any atom is 0.414 e. The van der Waals surface area contributed by atoms with Gasteiger partial charge >= 0.3 is 12.1 Å². The molecule has 0 saturated heterocycles. The number of carboxylic acid groups (broad SMARTS) is 1. The Morgan fingerprint density at radius 2 is 1.88 bits per heavy atom. The molecule has 1 N–H and O–H groups in total. The van der Waals surface area contributed by atoms with Crippen molar-refractivity contribution in [3.05, 3.63) is 29.8 Å². The van der Waals surface area contributed by atoms with E-state index in [1.165, 1.54) is 0 Å². The Hall–Kier alpha value is -2.04. The Balaban J connectivity index is 2.92. The maximum atomic E-state index is 11.6. The van der Waals surface area contributed by atoms with Crippen LogP contribution in [0.4, 0.5) is 10.5 Å². The minimum atomic E-state index is -1.08. The summed E-state index contributed by atoms with van der Waals surface area (Å²) in [5.41, 5.74) is 1.55. The molecule has 1 rings (SSSR count). The van der Waals surface area contributed by atoms with Crippen molar-refractivity contribution in [3.8, 4) is 0 Å². The lowest BCUT2D eigenvalue weighted by molar-refractivity contribution is -0.135. The Morgan fingerprint density at radius 1 is 1.29 bits per heavy atom. The third-order valence-electron chi connectivity index (χ3n) is 2.13. The third kappa shape index (κ3) is 3.79. The highest BCUT2D eigenvalue weighted by atomic mass is 16.6. The van der Waals surface area contributed by atoms with Crippen molar-refractivity contribution in [3.63, 3.8) is 0 Å². The molecule has 0 unspecified atom stereocenters. The zero-order chi connectivity index (χ0) is 12.8. The van der Waals surface area contributed by atoms with Crippen LogP contribution in [0, 0.1) is 6.92 Å². The van der Waals surface area contributed by atoms with Gasteiger partial charge in [-0.3, -0.25) is 9.69 Å². The Labute approximate surface area is 99.6 Å². The van der Waals surface area contributed by atoms with Crippen LogP contribution in [-0.2, 0) is 9.53 Å². The summed E-state index contributed by atoms with van der Waals surface area (Å²) in [6.07, 6.45) is -0.654. The highest BCUT2D eigenvalue weighted by Crippen LogP contribution is 2.16. The second kappa shape index (κ2) is 5.89. The minimum Gasteiger partial charge on any atom is -0.480 e. The summed E-state index contributed by atoms with van der Waals surface area (Å²) in [5.74, 6) is -1.08. The van der Waals surface area contributed by atoms with Crippen LogP contribution in [0.15, 0.2) is 24.3 Å². The van der Waals surface area contributed by atoms with E-state index in [0.717, 1.165) is 10.5 Å². The predicted octanol–water partition coefficient (Wildman–Crippen LogP) is 2.04. The number of hydrogen-bond acceptors (Lipinski definition) is 3. The molecule has 0 saturated carbocycles. The normalized spacial score (nSPS) is 9.76. The molecule has 5 nitrogen and oxygen atoms in total. The fourth-order valence-electron chi connectivity index (χ4n) is 1.32. The van der Waals surface area contributed by atoms with Gasteiger partial charge in [-0.15, -0.1) is 0 Å². The summed E-state index contributed by atoms with van der Waals surface area (Å²) in [7, 11) is 0. The number of ether oxygens (including phenoxy) is 1. The van der Waals surface area contributed by atoms with Crippen LogP contribution in [0.25, 0.3) is 0 Å². The van der Waals surface area contributed by atoms with Gasteiger partial charge < -0.3 is 9.84 Å². The lowest BCUT2D eigenvalue weighted by Crippen LogP contribution is -2.36. The maximum absolute atomic E-state index is 11.6. The van der Waals surface area contributed by atoms with Crippen molar-refractivity contribution in [1.29, 1.82) is 0 Å². The molecule has 0 radical (unpaired) electrons. The topological polar surface area (TPSA) is 66.8 Å². The molecular formula is C12H15NO4. The number of hydrogen-bond donors (Lipinski definition) is 1. The van der Waals surface area contributed by atoms with Crippen LogP contribution in [0.2, 0.25) is 0 Å². The van der Waals surface area contributed by atoms with Crippen LogP contribution in [0.5, 0.6) is 0 Å². The molecule has 1 aromatic rings. The van der Waals surface area contributed by atoms with Gasteiger partial charge in [0.05, 0.1) is 6.61 Å². The van der Waals surface area contributed by atoms with E-state index in [9.17, 15) is 9.59 Å². The zero-order valence-corrected chi connectivity index (χ0v) is 9.84. The van der Waals surface area contributed by atoms with E-state index >= 15 is 0 Å². The van der Waals surface area contributed by atoms with Crippen LogP contribution < -0.4 is 4.90 Å². The molecule has 0 aliphatic heterocycles. The molecule has 0 heterocycles. The number of carbonyl (C=O) groups excluding carboxylic acids is 1. The van der Waals surface area contributed by atoms with Gasteiger partial charge in [-0.2, -0.15) is 0 Å². The number of rotatable bonds is 4. The van der Waals surface area contributed by atoms with Gasteiger partial charge in [-0.25, -0.2) is 4.79 Å². The summed E-state index contributed by atoms with van der Waals surface area (Å²) in [5, 5.41) is 8.77. The smallest absolute Gasteiger partial charge is 0.414 e. The van der Waals surface area contributed by atoms with Crippen molar-refractivity contribution in [2.75, 3.05) is 18.1 Å². The van der Waals surface area contributed by atoms with Gasteiger partial charge in [0.25, 0.3) is 0 Å². The van der Waals surface area contributed by atoms with Crippen molar-refractivity contribution in [2.24, 2.45) is 0 Å². The summed E-state index contributed by atoms with van der Waals surface area (Å²) >= 11 is 0. The number of anilines is 1. The molecule has 0 aliphatic rings. The lowest BCUT2D eigenvalue weighted by Gasteiger charge is -2.19. The van der Waals surface area contributed by atoms with Crippen molar-refractivity contribution >= 4 is 17.7 Å². The van der Waals surface area contributed by atoms with E-state index in [1.807, 2.05) is 19.1 Å². The molecule has 0 fully saturated rings. The first-order valence-electron chi connectivity index (χ1n) is 5.27. The van der Waals surface area contributed by atoms with Crippen LogP contribution in [0.3, 0.4) is 0 Å². The van der Waals surface area contributed by atoms with E-state index < -0.39 is 18.6 Å². The molecule has 0 aromatic heterocycles. The highest BCUT2D eigenvalue weighted by Gasteiger charge is 2.19. The average molecular weight is 237 g/mol. The molecular weight excluding hydrogens is 222 g/mol. The van der Waals surface area contributed by atoms with E-state index in [2.05, 4.69) is 0 Å². The van der Waals surface area contributed by atoms with Gasteiger partial charge in [0, 0.05) is 5.69 Å². The van der Waals surface area contributed by atoms with E-state index in [4.69, 9.17) is 9.84 Å². The molecule has 0 aliphatic carbocycles. The summed E-state index contributed by atoms with van der Waals surface area (Å²) in [4.78, 5) is 23.4. The van der Waals surface area contributed by atoms with Crippen LogP contribution in [0.1, 0.15) is 12.5 Å². The molecule has 17 heavy (non-hydrogen) atoms. The third-order valence-corrected chi connectivity index (χ3v) is 2.13. The summed E-state index contributed by atoms with van der Waals surface area (Å²) < 4.78 is 4.81. The minimum absolute atomic E-state index is 0.209. The number of carboxylic acids is 1. The number of aliphatic carboxylic acids is 1. The Kier molecular flexibility index (Phi) is 4.51. The van der Waals surface area contributed by atoms with Gasteiger partial charge in [-0.1, -0.05) is 17.7 Å². The van der Waals surface area contributed by atoms with Crippen molar-refractivity contribution < 1.29 is 19.4 Å². The molecule has 1 aromatic carbocycles. The van der Waals surface area contributed by atoms with E-state index in [0.29, 0.717) is 5.69 Å². The molecule has 1 amide bonds. The second-order valence-corrected chi connectivity index (χ2v) is 3.51. The van der Waals surface area contributed by atoms with Crippen molar-refractivity contribution in [2.45, 2.75) is 13.8 Å². The number of benzene rings is 1. The van der Waals surface area contributed by atoms with E-state index in [-0.39, 0.29) is 6.61 Å². The quantitative estimate of drug-likeness (QED) is 0.870. The summed E-state index contributed by atoms with van der Waals surface area (Å²) in [6.45, 7) is 3.38. The number of aryl methyl sites for hydroxylation is 1. The Morgan fingerprint density at radius 3 is 2.35 bits per heavy atom. The summed E-state index contributed by atoms with van der Waals surface area (Å²) in [6, 6.07) is 7.00. The first-order chi connectivity index (χ1) is 8.04. The monoisotopic (exact) mass is 237 g/mol. The lowest BCUT2D eigenvalue weighted by atomic mass is 10.2. The van der Waals surface area contributed by atoms with E-state index in [1.54, 1.807) is 19.1 Å². The van der Waals surface area contributed by atoms with Crippen LogP contribution in [-0.4, -0.2) is 30.3 Å². The van der Waals surface area contributed by atoms with Crippen molar-refractivity contribution in [1.82, 2.24) is 0 Å². The predicted molar refractivity (Wildman–Crippen MR) is 63.2 cm³/mol. The molecule has 0 atom stereocenters.